The molecule has 0 aliphatic heterocycles. The number of nitrogens with zero attached hydrogens (tertiary/aromatic N) is 1. The predicted octanol–water partition coefficient (Wildman–Crippen LogP) is 2.46. The van der Waals surface area contributed by atoms with E-state index in [0.717, 1.165) is 12.8 Å². The lowest BCUT2D eigenvalue weighted by atomic mass is 10.2. The monoisotopic (exact) mass is 255 g/mol. The van der Waals surface area contributed by atoms with Gasteiger partial charge in [0.15, 0.2) is 0 Å². The Morgan fingerprint density at radius 2 is 1.73 bits per heavy atom. The van der Waals surface area contributed by atoms with Crippen LogP contribution in [0.3, 0.4) is 0 Å². The molecule has 0 heterocycles. The third-order valence-electron chi connectivity index (χ3n) is 2.47. The van der Waals surface area contributed by atoms with Gasteiger partial charge in [-0.05, 0) is 19.3 Å². The van der Waals surface area contributed by atoms with Crippen LogP contribution in [0.4, 0.5) is 0 Å². The van der Waals surface area contributed by atoms with E-state index in [2.05, 4.69) is 0 Å². The second kappa shape index (κ2) is 7.47. The summed E-state index contributed by atoms with van der Waals surface area (Å²) in [5, 5.41) is 0. The molecule has 0 aromatic rings. The van der Waals surface area contributed by atoms with Gasteiger partial charge in [0.2, 0.25) is 10.0 Å². The Hall–Kier alpha value is 0.200. The maximum absolute atomic E-state index is 11.9. The molecule has 0 saturated heterocycles. The standard InChI is InChI=1S/C10H22ClNO2S/c1-4-9-15(13,14)12(8-7-11)10(5-2)6-3/h10H,4-9H2,1-3H3. The summed E-state index contributed by atoms with van der Waals surface area (Å²) >= 11 is 5.65. The summed E-state index contributed by atoms with van der Waals surface area (Å²) in [6.45, 7) is 6.33. The fourth-order valence-corrected chi connectivity index (χ4v) is 3.86. The van der Waals surface area contributed by atoms with Crippen molar-refractivity contribution >= 4 is 21.6 Å². The molecule has 0 saturated carbocycles. The summed E-state index contributed by atoms with van der Waals surface area (Å²) in [6.07, 6.45) is 2.34. The van der Waals surface area contributed by atoms with Crippen LogP contribution in [0.15, 0.2) is 0 Å². The van der Waals surface area contributed by atoms with Crippen LogP contribution in [0.2, 0.25) is 0 Å². The molecule has 5 heteroatoms. The zero-order valence-corrected chi connectivity index (χ0v) is 11.4. The third-order valence-corrected chi connectivity index (χ3v) is 4.76. The molecule has 0 bridgehead atoms. The topological polar surface area (TPSA) is 37.4 Å². The Balaban J connectivity index is 4.77. The maximum atomic E-state index is 11.9. The minimum atomic E-state index is -3.11. The first-order chi connectivity index (χ1) is 7.03. The molecular formula is C10H22ClNO2S. The predicted molar refractivity (Wildman–Crippen MR) is 65.9 cm³/mol. The van der Waals surface area contributed by atoms with Crippen molar-refractivity contribution in [2.24, 2.45) is 0 Å². The van der Waals surface area contributed by atoms with Crippen molar-refractivity contribution in [2.45, 2.75) is 46.1 Å². The summed E-state index contributed by atoms with van der Waals surface area (Å²) in [4.78, 5) is 0. The van der Waals surface area contributed by atoms with Gasteiger partial charge in [-0.25, -0.2) is 8.42 Å². The number of halogens is 1. The van der Waals surface area contributed by atoms with E-state index in [1.54, 1.807) is 4.31 Å². The van der Waals surface area contributed by atoms with Gasteiger partial charge in [0, 0.05) is 18.5 Å². The molecule has 0 unspecified atom stereocenters. The maximum Gasteiger partial charge on any atom is 0.214 e. The highest BCUT2D eigenvalue weighted by atomic mass is 35.5. The van der Waals surface area contributed by atoms with E-state index in [1.807, 2.05) is 20.8 Å². The normalized spacial score (nSPS) is 12.7. The highest BCUT2D eigenvalue weighted by Crippen LogP contribution is 2.15. The van der Waals surface area contributed by atoms with Crippen LogP contribution in [0.5, 0.6) is 0 Å². The van der Waals surface area contributed by atoms with E-state index in [0.29, 0.717) is 18.8 Å². The summed E-state index contributed by atoms with van der Waals surface area (Å²) in [7, 11) is -3.11. The number of hydrogen-bond acceptors (Lipinski definition) is 2. The van der Waals surface area contributed by atoms with E-state index in [-0.39, 0.29) is 11.8 Å². The molecule has 0 aromatic heterocycles. The van der Waals surface area contributed by atoms with Gasteiger partial charge in [-0.15, -0.1) is 11.6 Å². The molecule has 0 aromatic carbocycles. The van der Waals surface area contributed by atoms with Crippen molar-refractivity contribution in [3.63, 3.8) is 0 Å². The fourth-order valence-electron chi connectivity index (χ4n) is 1.70. The van der Waals surface area contributed by atoms with Crippen molar-refractivity contribution in [1.29, 1.82) is 0 Å². The average molecular weight is 256 g/mol. The molecular weight excluding hydrogens is 234 g/mol. The molecule has 0 spiro atoms. The lowest BCUT2D eigenvalue weighted by Crippen LogP contribution is -2.42. The molecule has 0 aliphatic carbocycles. The van der Waals surface area contributed by atoms with Gasteiger partial charge >= 0.3 is 0 Å². The van der Waals surface area contributed by atoms with Gasteiger partial charge in [0.1, 0.15) is 0 Å². The summed E-state index contributed by atoms with van der Waals surface area (Å²) < 4.78 is 25.5. The van der Waals surface area contributed by atoms with Crippen LogP contribution in [-0.4, -0.2) is 36.9 Å². The van der Waals surface area contributed by atoms with Crippen LogP contribution in [-0.2, 0) is 10.0 Å². The second-order valence-electron chi connectivity index (χ2n) is 3.59. The Kier molecular flexibility index (Phi) is 7.57. The first-order valence-corrected chi connectivity index (χ1v) is 7.73. The molecule has 0 rings (SSSR count). The quantitative estimate of drug-likeness (QED) is 0.625. The minimum absolute atomic E-state index is 0.0975. The largest absolute Gasteiger partial charge is 0.214 e. The molecule has 0 aliphatic rings. The third kappa shape index (κ3) is 4.70. The Labute approximate surface area is 98.8 Å². The van der Waals surface area contributed by atoms with E-state index < -0.39 is 10.0 Å². The summed E-state index contributed by atoms with van der Waals surface area (Å²) in [6, 6.07) is 0.0975. The number of sulfonamides is 1. The van der Waals surface area contributed by atoms with E-state index in [9.17, 15) is 8.42 Å². The molecule has 3 nitrogen and oxygen atoms in total. The van der Waals surface area contributed by atoms with Crippen molar-refractivity contribution in [2.75, 3.05) is 18.2 Å². The second-order valence-corrected chi connectivity index (χ2v) is 6.01. The molecule has 0 N–H and O–H groups in total. The first-order valence-electron chi connectivity index (χ1n) is 5.58. The number of alkyl halides is 1. The van der Waals surface area contributed by atoms with E-state index >= 15 is 0 Å². The van der Waals surface area contributed by atoms with Crippen LogP contribution in [0, 0.1) is 0 Å². The lowest BCUT2D eigenvalue weighted by molar-refractivity contribution is 0.316. The molecule has 0 atom stereocenters. The van der Waals surface area contributed by atoms with Gasteiger partial charge < -0.3 is 0 Å². The summed E-state index contributed by atoms with van der Waals surface area (Å²) in [5.41, 5.74) is 0. The number of hydrogen-bond donors (Lipinski definition) is 0. The molecule has 92 valence electrons. The van der Waals surface area contributed by atoms with Crippen LogP contribution in [0.1, 0.15) is 40.0 Å². The SMILES string of the molecule is CCCS(=O)(=O)N(CCCl)C(CC)CC. The lowest BCUT2D eigenvalue weighted by Gasteiger charge is -2.28. The minimum Gasteiger partial charge on any atom is -0.212 e. The van der Waals surface area contributed by atoms with Crippen molar-refractivity contribution in [3.8, 4) is 0 Å². The Morgan fingerprint density at radius 1 is 1.20 bits per heavy atom. The van der Waals surface area contributed by atoms with Gasteiger partial charge in [0.05, 0.1) is 5.75 Å². The van der Waals surface area contributed by atoms with Gasteiger partial charge in [-0.2, -0.15) is 4.31 Å². The highest BCUT2D eigenvalue weighted by Gasteiger charge is 2.26. The number of rotatable bonds is 8. The zero-order chi connectivity index (χ0) is 11.9. The van der Waals surface area contributed by atoms with Gasteiger partial charge in [-0.1, -0.05) is 20.8 Å². The van der Waals surface area contributed by atoms with Crippen LogP contribution >= 0.6 is 11.6 Å². The fraction of sp³-hybridized carbons (Fsp3) is 1.00. The molecule has 0 radical (unpaired) electrons. The molecule has 0 fully saturated rings. The van der Waals surface area contributed by atoms with E-state index in [4.69, 9.17) is 11.6 Å². The zero-order valence-electron chi connectivity index (χ0n) is 9.87. The van der Waals surface area contributed by atoms with Crippen LogP contribution in [0.25, 0.3) is 0 Å². The van der Waals surface area contributed by atoms with Gasteiger partial charge in [0.25, 0.3) is 0 Å². The van der Waals surface area contributed by atoms with Crippen molar-refractivity contribution in [1.82, 2.24) is 4.31 Å². The highest BCUT2D eigenvalue weighted by molar-refractivity contribution is 7.89. The van der Waals surface area contributed by atoms with Crippen molar-refractivity contribution in [3.05, 3.63) is 0 Å². The van der Waals surface area contributed by atoms with Crippen LogP contribution < -0.4 is 0 Å². The van der Waals surface area contributed by atoms with Crippen molar-refractivity contribution < 1.29 is 8.42 Å². The Morgan fingerprint density at radius 3 is 2.07 bits per heavy atom. The molecule has 15 heavy (non-hydrogen) atoms. The van der Waals surface area contributed by atoms with Gasteiger partial charge in [-0.3, -0.25) is 0 Å². The first kappa shape index (κ1) is 15.2. The smallest absolute Gasteiger partial charge is 0.212 e. The molecule has 0 amide bonds. The Bertz CT molecular complexity index is 250. The van der Waals surface area contributed by atoms with E-state index in [1.165, 1.54) is 0 Å². The average Bonchev–Trinajstić information content (AvgIpc) is 2.18. The summed E-state index contributed by atoms with van der Waals surface area (Å²) in [5.74, 6) is 0.583.